The van der Waals surface area contributed by atoms with Crippen LogP contribution in [0.2, 0.25) is 10.0 Å². The summed E-state index contributed by atoms with van der Waals surface area (Å²) < 4.78 is 6.11. The second-order valence-corrected chi connectivity index (χ2v) is 9.55. The third-order valence-electron chi connectivity index (χ3n) is 6.36. The molecule has 0 bridgehead atoms. The molecule has 184 valence electrons. The quantitative estimate of drug-likeness (QED) is 0.491. The molecule has 0 aromatic carbocycles. The highest BCUT2D eigenvalue weighted by atomic mass is 35.5. The lowest BCUT2D eigenvalue weighted by Crippen LogP contribution is -2.46. The average Bonchev–Trinajstić information content (AvgIpc) is 3.10. The minimum Gasteiger partial charge on any atom is -0.486 e. The van der Waals surface area contributed by atoms with Gasteiger partial charge in [-0.1, -0.05) is 36.5 Å². The lowest BCUT2D eigenvalue weighted by molar-refractivity contribution is 0.321. The molecular formula is C24H28Cl2N8O. The van der Waals surface area contributed by atoms with E-state index in [0.717, 1.165) is 63.5 Å². The highest BCUT2D eigenvalue weighted by molar-refractivity contribution is 6.39. The normalized spacial score (nSPS) is 16.4. The predicted molar refractivity (Wildman–Crippen MR) is 138 cm³/mol. The van der Waals surface area contributed by atoms with E-state index in [2.05, 4.69) is 47.0 Å². The fraction of sp³-hybridized carbons (Fsp3) is 0.458. The van der Waals surface area contributed by atoms with E-state index >= 15 is 0 Å². The Hall–Kier alpha value is -2.91. The Balaban J connectivity index is 1.33. The number of hydrogen-bond donors (Lipinski definition) is 1. The van der Waals surface area contributed by atoms with Crippen LogP contribution in [0.4, 0.5) is 23.3 Å². The largest absolute Gasteiger partial charge is 0.486 e. The third kappa shape index (κ3) is 5.21. The molecule has 0 aliphatic carbocycles. The van der Waals surface area contributed by atoms with Gasteiger partial charge >= 0.3 is 0 Å². The van der Waals surface area contributed by atoms with E-state index in [1.54, 1.807) is 6.33 Å². The molecule has 0 atom stereocenters. The predicted octanol–water partition coefficient (Wildman–Crippen LogP) is 4.92. The van der Waals surface area contributed by atoms with E-state index in [9.17, 15) is 0 Å². The first-order valence-corrected chi connectivity index (χ1v) is 12.8. The molecule has 2 aliphatic rings. The van der Waals surface area contributed by atoms with Gasteiger partial charge in [-0.2, -0.15) is 0 Å². The number of hydrogen-bond acceptors (Lipinski definition) is 9. The zero-order chi connectivity index (χ0) is 24.2. The molecule has 5 rings (SSSR count). The number of fused-ring (bicyclic) bond motifs is 1. The van der Waals surface area contributed by atoms with Crippen molar-refractivity contribution in [3.05, 3.63) is 46.7 Å². The number of ether oxygens (including phenoxy) is 1. The van der Waals surface area contributed by atoms with Crippen molar-refractivity contribution in [2.75, 3.05) is 41.4 Å². The summed E-state index contributed by atoms with van der Waals surface area (Å²) in [7, 11) is 0. The molecule has 0 unspecified atom stereocenters. The van der Waals surface area contributed by atoms with Crippen molar-refractivity contribution in [1.82, 2.24) is 24.9 Å². The Kier molecular flexibility index (Phi) is 7.34. The van der Waals surface area contributed by atoms with Gasteiger partial charge in [-0.15, -0.1) is 0 Å². The standard InChI is InChI=1S/C24H28Cl2N8O/c1-2-4-16-11-28-24(29-12-16)33-8-5-17(6-9-33)34-7-3-10-35-21-22(30-15-31-23(21)34)32-20-18(25)13-27-14-19(20)26/h11-15,17H,2-10H2,1H3,(H,27,30,31,32). The van der Waals surface area contributed by atoms with Crippen LogP contribution in [0, 0.1) is 0 Å². The number of rotatable bonds is 6. The van der Waals surface area contributed by atoms with Crippen LogP contribution in [-0.2, 0) is 6.42 Å². The maximum Gasteiger partial charge on any atom is 0.225 e. The Morgan fingerprint density at radius 3 is 2.46 bits per heavy atom. The molecule has 9 nitrogen and oxygen atoms in total. The van der Waals surface area contributed by atoms with Crippen molar-refractivity contribution >= 4 is 46.5 Å². The lowest BCUT2D eigenvalue weighted by atomic mass is 10.0. The zero-order valence-corrected chi connectivity index (χ0v) is 21.1. The average molecular weight is 515 g/mol. The summed E-state index contributed by atoms with van der Waals surface area (Å²) in [5, 5.41) is 4.05. The number of anilines is 4. The highest BCUT2D eigenvalue weighted by Gasteiger charge is 2.31. The van der Waals surface area contributed by atoms with Crippen LogP contribution in [-0.4, -0.2) is 57.2 Å². The summed E-state index contributed by atoms with van der Waals surface area (Å²) in [6.07, 6.45) is 13.5. The van der Waals surface area contributed by atoms with Gasteiger partial charge in [0.15, 0.2) is 11.6 Å². The second kappa shape index (κ2) is 10.8. The van der Waals surface area contributed by atoms with Gasteiger partial charge < -0.3 is 19.9 Å². The highest BCUT2D eigenvalue weighted by Crippen LogP contribution is 2.40. The van der Waals surface area contributed by atoms with Gasteiger partial charge in [0, 0.05) is 50.5 Å². The number of nitrogens with one attached hydrogen (secondary N) is 1. The van der Waals surface area contributed by atoms with Gasteiger partial charge in [-0.05, 0) is 31.2 Å². The molecule has 11 heteroatoms. The molecule has 1 N–H and O–H groups in total. The van der Waals surface area contributed by atoms with Crippen molar-refractivity contribution < 1.29 is 4.74 Å². The summed E-state index contributed by atoms with van der Waals surface area (Å²) in [6, 6.07) is 0.335. The topological polar surface area (TPSA) is 92.2 Å². The van der Waals surface area contributed by atoms with E-state index in [1.807, 2.05) is 12.4 Å². The maximum atomic E-state index is 6.31. The molecule has 0 spiro atoms. The SMILES string of the molecule is CCCc1cnc(N2CCC(N3CCCOc4c(Nc5c(Cl)cncc5Cl)ncnc43)CC2)nc1. The van der Waals surface area contributed by atoms with E-state index in [4.69, 9.17) is 27.9 Å². The van der Waals surface area contributed by atoms with Crippen LogP contribution in [0.15, 0.2) is 31.1 Å². The van der Waals surface area contributed by atoms with Crippen LogP contribution in [0.3, 0.4) is 0 Å². The molecule has 0 radical (unpaired) electrons. The third-order valence-corrected chi connectivity index (χ3v) is 6.94. The van der Waals surface area contributed by atoms with Crippen molar-refractivity contribution in [3.8, 4) is 5.75 Å². The van der Waals surface area contributed by atoms with E-state index < -0.39 is 0 Å². The Morgan fingerprint density at radius 1 is 1.00 bits per heavy atom. The molecular weight excluding hydrogens is 487 g/mol. The number of nitrogens with zero attached hydrogens (tertiary/aromatic N) is 7. The zero-order valence-electron chi connectivity index (χ0n) is 19.6. The van der Waals surface area contributed by atoms with Gasteiger partial charge in [-0.25, -0.2) is 19.9 Å². The number of pyridine rings is 1. The Bertz CT molecular complexity index is 1130. The molecule has 0 saturated carbocycles. The van der Waals surface area contributed by atoms with Crippen LogP contribution in [0.5, 0.6) is 5.75 Å². The first-order valence-electron chi connectivity index (χ1n) is 12.0. The van der Waals surface area contributed by atoms with Crippen molar-refractivity contribution in [2.45, 2.75) is 45.1 Å². The summed E-state index contributed by atoms with van der Waals surface area (Å²) in [5.74, 6) is 2.75. The first-order chi connectivity index (χ1) is 17.1. The van der Waals surface area contributed by atoms with Crippen LogP contribution in [0.1, 0.15) is 38.2 Å². The summed E-state index contributed by atoms with van der Waals surface area (Å²) in [4.78, 5) is 26.9. The molecule has 0 amide bonds. The van der Waals surface area contributed by atoms with E-state index in [1.165, 1.54) is 18.0 Å². The van der Waals surface area contributed by atoms with E-state index in [-0.39, 0.29) is 0 Å². The van der Waals surface area contributed by atoms with Crippen LogP contribution in [0.25, 0.3) is 0 Å². The Labute approximate surface area is 214 Å². The minimum atomic E-state index is 0.335. The molecule has 35 heavy (non-hydrogen) atoms. The van der Waals surface area contributed by atoms with Crippen molar-refractivity contribution in [3.63, 3.8) is 0 Å². The number of aromatic nitrogens is 5. The van der Waals surface area contributed by atoms with Crippen LogP contribution >= 0.6 is 23.2 Å². The van der Waals surface area contributed by atoms with Gasteiger partial charge in [-0.3, -0.25) is 4.98 Å². The summed E-state index contributed by atoms with van der Waals surface area (Å²) in [6.45, 7) is 5.40. The minimum absolute atomic E-state index is 0.335. The second-order valence-electron chi connectivity index (χ2n) is 8.73. The van der Waals surface area contributed by atoms with Gasteiger partial charge in [0.25, 0.3) is 0 Å². The molecule has 3 aromatic heterocycles. The molecule has 3 aromatic rings. The number of halogens is 2. The first kappa shape index (κ1) is 23.8. The fourth-order valence-corrected chi connectivity index (χ4v) is 5.08. The maximum absolute atomic E-state index is 6.31. The van der Waals surface area contributed by atoms with Gasteiger partial charge in [0.05, 0.1) is 22.3 Å². The van der Waals surface area contributed by atoms with E-state index in [0.29, 0.717) is 39.9 Å². The van der Waals surface area contributed by atoms with Crippen molar-refractivity contribution in [2.24, 2.45) is 0 Å². The van der Waals surface area contributed by atoms with Crippen LogP contribution < -0.4 is 19.9 Å². The van der Waals surface area contributed by atoms with Gasteiger partial charge in [0.2, 0.25) is 11.7 Å². The summed E-state index contributed by atoms with van der Waals surface area (Å²) >= 11 is 12.6. The van der Waals surface area contributed by atoms with Crippen molar-refractivity contribution in [1.29, 1.82) is 0 Å². The summed E-state index contributed by atoms with van der Waals surface area (Å²) in [5.41, 5.74) is 1.73. The van der Waals surface area contributed by atoms with Gasteiger partial charge in [0.1, 0.15) is 6.33 Å². The lowest BCUT2D eigenvalue weighted by Gasteiger charge is -2.38. The molecule has 1 saturated heterocycles. The Morgan fingerprint density at radius 2 is 1.74 bits per heavy atom. The molecule has 2 aliphatic heterocycles. The molecule has 5 heterocycles. The number of aryl methyl sites for hydroxylation is 1. The monoisotopic (exact) mass is 514 g/mol. The number of piperidine rings is 1. The smallest absolute Gasteiger partial charge is 0.225 e. The fourth-order valence-electron chi connectivity index (χ4n) is 4.62. The molecule has 1 fully saturated rings.